The second-order valence-electron chi connectivity index (χ2n) is 3.37. The van der Waals surface area contributed by atoms with Gasteiger partial charge in [0.25, 0.3) is 0 Å². The maximum Gasteiger partial charge on any atom is 0.123 e. The van der Waals surface area contributed by atoms with E-state index in [4.69, 9.17) is 5.73 Å². The summed E-state index contributed by atoms with van der Waals surface area (Å²) in [6, 6.07) is 2.01. The third-order valence-electron chi connectivity index (χ3n) is 2.32. The smallest absolute Gasteiger partial charge is 0.123 e. The standard InChI is InChI=1S/C11H18N2/c1-4-6-9-7-11(12)13-8(3)10(9)5-2/h7H,4-6H2,1-3H3,(H2,12,13). The van der Waals surface area contributed by atoms with Crippen LogP contribution in [0.2, 0.25) is 0 Å². The molecule has 0 radical (unpaired) electrons. The average Bonchev–Trinajstić information content (AvgIpc) is 2.04. The van der Waals surface area contributed by atoms with E-state index < -0.39 is 0 Å². The predicted molar refractivity (Wildman–Crippen MR) is 56.8 cm³/mol. The topological polar surface area (TPSA) is 38.9 Å². The molecule has 0 fully saturated rings. The highest BCUT2D eigenvalue weighted by Gasteiger charge is 2.05. The Bertz CT molecular complexity index is 292. The summed E-state index contributed by atoms with van der Waals surface area (Å²) in [4.78, 5) is 4.27. The van der Waals surface area contributed by atoms with Gasteiger partial charge >= 0.3 is 0 Å². The Morgan fingerprint density at radius 2 is 2.08 bits per heavy atom. The Morgan fingerprint density at radius 1 is 1.38 bits per heavy atom. The summed E-state index contributed by atoms with van der Waals surface area (Å²) in [7, 11) is 0. The Labute approximate surface area is 80.2 Å². The van der Waals surface area contributed by atoms with Crippen molar-refractivity contribution < 1.29 is 0 Å². The first-order chi connectivity index (χ1) is 6.19. The number of nitrogens with zero attached hydrogens (tertiary/aromatic N) is 1. The molecule has 1 heterocycles. The van der Waals surface area contributed by atoms with Crippen LogP contribution in [0.15, 0.2) is 6.07 Å². The highest BCUT2D eigenvalue weighted by atomic mass is 14.8. The number of nitrogens with two attached hydrogens (primary N) is 1. The molecule has 0 aliphatic carbocycles. The van der Waals surface area contributed by atoms with Gasteiger partial charge in [-0.05, 0) is 37.0 Å². The second-order valence-corrected chi connectivity index (χ2v) is 3.37. The molecule has 0 aliphatic heterocycles. The molecule has 1 rings (SSSR count). The predicted octanol–water partition coefficient (Wildman–Crippen LogP) is 2.49. The summed E-state index contributed by atoms with van der Waals surface area (Å²) in [5.74, 6) is 0.651. The van der Waals surface area contributed by atoms with E-state index in [1.165, 1.54) is 11.1 Å². The van der Waals surface area contributed by atoms with Crippen LogP contribution in [-0.4, -0.2) is 4.98 Å². The van der Waals surface area contributed by atoms with Gasteiger partial charge in [0.2, 0.25) is 0 Å². The van der Waals surface area contributed by atoms with E-state index in [0.29, 0.717) is 5.82 Å². The van der Waals surface area contributed by atoms with E-state index in [9.17, 15) is 0 Å². The van der Waals surface area contributed by atoms with E-state index in [1.54, 1.807) is 0 Å². The minimum atomic E-state index is 0.651. The molecule has 0 saturated heterocycles. The largest absolute Gasteiger partial charge is 0.384 e. The highest BCUT2D eigenvalue weighted by molar-refractivity contribution is 5.41. The lowest BCUT2D eigenvalue weighted by molar-refractivity contribution is 0.885. The molecular weight excluding hydrogens is 160 g/mol. The van der Waals surface area contributed by atoms with E-state index in [-0.39, 0.29) is 0 Å². The van der Waals surface area contributed by atoms with Crippen LogP contribution in [0.4, 0.5) is 5.82 Å². The molecule has 0 unspecified atom stereocenters. The van der Waals surface area contributed by atoms with Gasteiger partial charge in [0.05, 0.1) is 0 Å². The van der Waals surface area contributed by atoms with Gasteiger partial charge in [0.1, 0.15) is 5.82 Å². The van der Waals surface area contributed by atoms with Crippen LogP contribution in [0.1, 0.15) is 37.1 Å². The van der Waals surface area contributed by atoms with Gasteiger partial charge in [-0.1, -0.05) is 20.3 Å². The second kappa shape index (κ2) is 4.26. The maximum absolute atomic E-state index is 5.70. The number of aromatic nitrogens is 1. The fourth-order valence-electron chi connectivity index (χ4n) is 1.77. The van der Waals surface area contributed by atoms with E-state index in [2.05, 4.69) is 18.8 Å². The van der Waals surface area contributed by atoms with Gasteiger partial charge in [0.15, 0.2) is 0 Å². The fourth-order valence-corrected chi connectivity index (χ4v) is 1.77. The summed E-state index contributed by atoms with van der Waals surface area (Å²) >= 11 is 0. The zero-order valence-electron chi connectivity index (χ0n) is 8.72. The number of pyridine rings is 1. The maximum atomic E-state index is 5.70. The van der Waals surface area contributed by atoms with Gasteiger partial charge in [-0.2, -0.15) is 0 Å². The molecule has 0 amide bonds. The van der Waals surface area contributed by atoms with E-state index in [0.717, 1.165) is 25.0 Å². The number of anilines is 1. The van der Waals surface area contributed by atoms with Crippen molar-refractivity contribution in [1.29, 1.82) is 0 Å². The van der Waals surface area contributed by atoms with Crippen LogP contribution in [0.5, 0.6) is 0 Å². The first-order valence-electron chi connectivity index (χ1n) is 4.93. The lowest BCUT2D eigenvalue weighted by atomic mass is 10.0. The monoisotopic (exact) mass is 178 g/mol. The van der Waals surface area contributed by atoms with Gasteiger partial charge in [0, 0.05) is 5.69 Å². The van der Waals surface area contributed by atoms with Crippen LogP contribution in [-0.2, 0) is 12.8 Å². The first kappa shape index (κ1) is 10.0. The number of rotatable bonds is 3. The Balaban J connectivity index is 3.13. The Morgan fingerprint density at radius 3 is 2.62 bits per heavy atom. The molecule has 2 heteroatoms. The normalized spacial score (nSPS) is 10.4. The molecule has 0 saturated carbocycles. The zero-order valence-corrected chi connectivity index (χ0v) is 8.72. The fraction of sp³-hybridized carbons (Fsp3) is 0.545. The quantitative estimate of drug-likeness (QED) is 0.772. The van der Waals surface area contributed by atoms with Crippen molar-refractivity contribution in [1.82, 2.24) is 4.98 Å². The molecule has 72 valence electrons. The van der Waals surface area contributed by atoms with Gasteiger partial charge < -0.3 is 5.73 Å². The van der Waals surface area contributed by atoms with E-state index >= 15 is 0 Å². The van der Waals surface area contributed by atoms with Crippen LogP contribution < -0.4 is 5.73 Å². The van der Waals surface area contributed by atoms with Crippen molar-refractivity contribution in [3.63, 3.8) is 0 Å². The zero-order chi connectivity index (χ0) is 9.84. The number of hydrogen-bond acceptors (Lipinski definition) is 2. The Hall–Kier alpha value is -1.05. The highest BCUT2D eigenvalue weighted by Crippen LogP contribution is 2.17. The molecule has 13 heavy (non-hydrogen) atoms. The molecule has 0 atom stereocenters. The molecule has 2 N–H and O–H groups in total. The summed E-state index contributed by atoms with van der Waals surface area (Å²) in [6.45, 7) is 6.39. The third-order valence-corrected chi connectivity index (χ3v) is 2.32. The summed E-state index contributed by atoms with van der Waals surface area (Å²) in [5, 5.41) is 0. The number of nitrogen functional groups attached to an aromatic ring is 1. The minimum Gasteiger partial charge on any atom is -0.384 e. The van der Waals surface area contributed by atoms with Gasteiger partial charge in [-0.25, -0.2) is 4.98 Å². The average molecular weight is 178 g/mol. The van der Waals surface area contributed by atoms with Crippen molar-refractivity contribution in [3.8, 4) is 0 Å². The molecular formula is C11H18N2. The van der Waals surface area contributed by atoms with E-state index in [1.807, 2.05) is 13.0 Å². The molecule has 0 bridgehead atoms. The van der Waals surface area contributed by atoms with Crippen molar-refractivity contribution in [3.05, 3.63) is 22.9 Å². The van der Waals surface area contributed by atoms with Gasteiger partial charge in [-0.3, -0.25) is 0 Å². The van der Waals surface area contributed by atoms with Crippen molar-refractivity contribution in [2.45, 2.75) is 40.0 Å². The molecule has 0 aromatic carbocycles. The molecule has 2 nitrogen and oxygen atoms in total. The summed E-state index contributed by atoms with van der Waals surface area (Å²) in [5.41, 5.74) is 9.53. The lowest BCUT2D eigenvalue weighted by Crippen LogP contribution is -2.02. The summed E-state index contributed by atoms with van der Waals surface area (Å²) < 4.78 is 0. The van der Waals surface area contributed by atoms with Crippen LogP contribution >= 0.6 is 0 Å². The van der Waals surface area contributed by atoms with Gasteiger partial charge in [-0.15, -0.1) is 0 Å². The Kier molecular flexibility index (Phi) is 3.29. The molecule has 1 aromatic rings. The van der Waals surface area contributed by atoms with Crippen molar-refractivity contribution >= 4 is 5.82 Å². The number of hydrogen-bond donors (Lipinski definition) is 1. The van der Waals surface area contributed by atoms with Crippen LogP contribution in [0, 0.1) is 6.92 Å². The van der Waals surface area contributed by atoms with Crippen LogP contribution in [0.3, 0.4) is 0 Å². The minimum absolute atomic E-state index is 0.651. The van der Waals surface area contributed by atoms with Crippen molar-refractivity contribution in [2.75, 3.05) is 5.73 Å². The summed E-state index contributed by atoms with van der Waals surface area (Å²) in [6.07, 6.45) is 3.32. The molecule has 0 spiro atoms. The first-order valence-corrected chi connectivity index (χ1v) is 4.93. The number of aryl methyl sites for hydroxylation is 2. The lowest BCUT2D eigenvalue weighted by Gasteiger charge is -2.10. The molecule has 0 aliphatic rings. The molecule has 1 aromatic heterocycles. The van der Waals surface area contributed by atoms with Crippen LogP contribution in [0.25, 0.3) is 0 Å². The third kappa shape index (κ3) is 2.20. The SMILES string of the molecule is CCCc1cc(N)nc(C)c1CC. The van der Waals surface area contributed by atoms with Crippen molar-refractivity contribution in [2.24, 2.45) is 0 Å².